The van der Waals surface area contributed by atoms with Crippen molar-refractivity contribution in [2.75, 3.05) is 0 Å². The lowest BCUT2D eigenvalue weighted by Gasteiger charge is -2.05. The Morgan fingerprint density at radius 2 is 2.05 bits per heavy atom. The molecular weight excluding hydrogens is 302 g/mol. The molecule has 2 aromatic rings. The molecular formula is C15H21N3O3S. The van der Waals surface area contributed by atoms with Gasteiger partial charge in [0, 0.05) is 18.9 Å². The van der Waals surface area contributed by atoms with Crippen molar-refractivity contribution >= 4 is 22.3 Å². The average molecular weight is 323 g/mol. The zero-order valence-corrected chi connectivity index (χ0v) is 14.1. The van der Waals surface area contributed by atoms with E-state index in [1.54, 1.807) is 0 Å². The second-order valence-corrected chi connectivity index (χ2v) is 7.17. The van der Waals surface area contributed by atoms with Gasteiger partial charge in [0.25, 0.3) is 5.56 Å². The minimum absolute atomic E-state index is 0.0225. The number of fused-ring (bicyclic) bond motifs is 1. The molecule has 0 atom stereocenters. The molecule has 0 radical (unpaired) electrons. The zero-order chi connectivity index (χ0) is 16.3. The Labute approximate surface area is 133 Å². The molecule has 0 aliphatic rings. The van der Waals surface area contributed by atoms with E-state index in [1.807, 2.05) is 13.8 Å². The number of aromatic nitrogens is 3. The summed E-state index contributed by atoms with van der Waals surface area (Å²) in [6, 6.07) is 1.37. The Kier molecular flexibility index (Phi) is 5.28. The minimum atomic E-state index is -0.276. The van der Waals surface area contributed by atoms with Crippen LogP contribution < -0.4 is 5.56 Å². The van der Waals surface area contributed by atoms with Crippen LogP contribution in [0.2, 0.25) is 0 Å². The maximum absolute atomic E-state index is 12.0. The van der Waals surface area contributed by atoms with Gasteiger partial charge in [0.15, 0.2) is 0 Å². The van der Waals surface area contributed by atoms with Gasteiger partial charge in [0.05, 0.1) is 5.69 Å². The molecule has 0 N–H and O–H groups in total. The maximum atomic E-state index is 12.0. The van der Waals surface area contributed by atoms with Crippen LogP contribution in [0.1, 0.15) is 44.8 Å². The molecule has 0 aliphatic heterocycles. The van der Waals surface area contributed by atoms with Crippen LogP contribution in [-0.4, -0.2) is 20.6 Å². The van der Waals surface area contributed by atoms with Gasteiger partial charge in [0.2, 0.25) is 4.96 Å². The van der Waals surface area contributed by atoms with E-state index in [2.05, 4.69) is 23.9 Å². The molecule has 0 bridgehead atoms. The van der Waals surface area contributed by atoms with Crippen LogP contribution >= 0.6 is 11.3 Å². The molecule has 0 unspecified atom stereocenters. The minimum Gasteiger partial charge on any atom is -0.459 e. The summed E-state index contributed by atoms with van der Waals surface area (Å²) in [5, 5.41) is 5.16. The summed E-state index contributed by atoms with van der Waals surface area (Å²) in [7, 11) is 0. The Bertz CT molecular complexity index is 718. The fraction of sp³-hybridized carbons (Fsp3) is 0.600. The zero-order valence-electron chi connectivity index (χ0n) is 13.3. The first-order valence-electron chi connectivity index (χ1n) is 7.39. The SMILES string of the molecule is CC(C)CC(=O)OCc1cc(=O)n2nc(CC(C)C)sc2n1. The normalized spacial score (nSPS) is 11.5. The van der Waals surface area contributed by atoms with Crippen molar-refractivity contribution in [2.45, 2.75) is 47.1 Å². The number of hydrogen-bond acceptors (Lipinski definition) is 6. The van der Waals surface area contributed by atoms with Gasteiger partial charge in [-0.05, 0) is 11.8 Å². The number of rotatable bonds is 6. The predicted octanol–water partition coefficient (Wildman–Crippen LogP) is 2.44. The third-order valence-corrected chi connectivity index (χ3v) is 3.81. The lowest BCUT2D eigenvalue weighted by molar-refractivity contribution is -0.145. The van der Waals surface area contributed by atoms with E-state index in [1.165, 1.54) is 21.9 Å². The average Bonchev–Trinajstić information content (AvgIpc) is 2.77. The lowest BCUT2D eigenvalue weighted by Crippen LogP contribution is -2.17. The number of esters is 1. The Morgan fingerprint density at radius 1 is 1.32 bits per heavy atom. The number of carbonyl (C=O) groups excluding carboxylic acids is 1. The third kappa shape index (κ3) is 4.37. The molecule has 0 aromatic carbocycles. The Morgan fingerprint density at radius 3 is 2.68 bits per heavy atom. The van der Waals surface area contributed by atoms with Crippen molar-refractivity contribution in [2.24, 2.45) is 11.8 Å². The first-order chi connectivity index (χ1) is 10.3. The molecule has 0 amide bonds. The third-order valence-electron chi connectivity index (χ3n) is 2.88. The fourth-order valence-electron chi connectivity index (χ4n) is 1.95. The first kappa shape index (κ1) is 16.6. The van der Waals surface area contributed by atoms with Crippen molar-refractivity contribution < 1.29 is 9.53 Å². The molecule has 0 saturated carbocycles. The van der Waals surface area contributed by atoms with E-state index in [4.69, 9.17) is 4.74 Å². The van der Waals surface area contributed by atoms with Crippen molar-refractivity contribution in [3.63, 3.8) is 0 Å². The summed E-state index contributed by atoms with van der Waals surface area (Å²) < 4.78 is 6.46. The van der Waals surface area contributed by atoms with Crippen LogP contribution in [0.3, 0.4) is 0 Å². The molecule has 2 rings (SSSR count). The second-order valence-electron chi connectivity index (χ2n) is 6.13. The van der Waals surface area contributed by atoms with E-state index >= 15 is 0 Å². The van der Waals surface area contributed by atoms with Crippen LogP contribution in [0.5, 0.6) is 0 Å². The summed E-state index contributed by atoms with van der Waals surface area (Å²) in [5.74, 6) is 0.433. The first-order valence-corrected chi connectivity index (χ1v) is 8.21. The molecule has 0 aliphatic carbocycles. The predicted molar refractivity (Wildman–Crippen MR) is 84.9 cm³/mol. The highest BCUT2D eigenvalue weighted by Crippen LogP contribution is 2.15. The quantitative estimate of drug-likeness (QED) is 0.763. The molecule has 7 heteroatoms. The summed E-state index contributed by atoms with van der Waals surface area (Å²) in [5.41, 5.74) is 0.216. The van der Waals surface area contributed by atoms with E-state index < -0.39 is 0 Å². The van der Waals surface area contributed by atoms with Crippen LogP contribution in [0.25, 0.3) is 4.96 Å². The lowest BCUT2D eigenvalue weighted by atomic mass is 10.1. The van der Waals surface area contributed by atoms with Crippen molar-refractivity contribution in [3.05, 3.63) is 27.1 Å². The van der Waals surface area contributed by atoms with Gasteiger partial charge in [-0.2, -0.15) is 9.61 Å². The molecule has 6 nitrogen and oxygen atoms in total. The summed E-state index contributed by atoms with van der Waals surface area (Å²) >= 11 is 1.40. The molecule has 2 aromatic heterocycles. The number of ether oxygens (including phenoxy) is 1. The van der Waals surface area contributed by atoms with Crippen LogP contribution in [0.15, 0.2) is 10.9 Å². The monoisotopic (exact) mass is 323 g/mol. The largest absolute Gasteiger partial charge is 0.459 e. The molecule has 2 heterocycles. The van der Waals surface area contributed by atoms with Crippen LogP contribution in [0, 0.1) is 11.8 Å². The maximum Gasteiger partial charge on any atom is 0.306 e. The number of hydrogen-bond donors (Lipinski definition) is 0. The Balaban J connectivity index is 2.15. The number of nitrogens with zero attached hydrogens (tertiary/aromatic N) is 3. The number of carbonyl (C=O) groups is 1. The fourth-order valence-corrected chi connectivity index (χ4v) is 3.08. The molecule has 0 fully saturated rings. The van der Waals surface area contributed by atoms with Gasteiger partial charge in [0.1, 0.15) is 11.6 Å². The van der Waals surface area contributed by atoms with E-state index in [0.717, 1.165) is 11.4 Å². The van der Waals surface area contributed by atoms with Crippen molar-refractivity contribution in [1.29, 1.82) is 0 Å². The summed E-state index contributed by atoms with van der Waals surface area (Å²) in [6.45, 7) is 8.12. The van der Waals surface area contributed by atoms with Crippen molar-refractivity contribution in [3.8, 4) is 0 Å². The van der Waals surface area contributed by atoms with E-state index in [-0.39, 0.29) is 24.1 Å². The Hall–Kier alpha value is -1.76. The van der Waals surface area contributed by atoms with E-state index in [0.29, 0.717) is 23.0 Å². The topological polar surface area (TPSA) is 73.6 Å². The molecule has 0 spiro atoms. The van der Waals surface area contributed by atoms with Crippen LogP contribution in [-0.2, 0) is 22.6 Å². The van der Waals surface area contributed by atoms with E-state index in [9.17, 15) is 9.59 Å². The molecule has 22 heavy (non-hydrogen) atoms. The molecule has 0 saturated heterocycles. The molecule has 120 valence electrons. The van der Waals surface area contributed by atoms with Gasteiger partial charge in [-0.3, -0.25) is 9.59 Å². The van der Waals surface area contributed by atoms with Gasteiger partial charge < -0.3 is 4.74 Å². The smallest absolute Gasteiger partial charge is 0.306 e. The highest BCUT2D eigenvalue weighted by Gasteiger charge is 2.12. The standard InChI is InChI=1S/C15H21N3O3S/c1-9(2)5-12-17-18-13(19)7-11(16-15(18)22-12)8-21-14(20)6-10(3)4/h7,9-10H,5-6,8H2,1-4H3. The highest BCUT2D eigenvalue weighted by molar-refractivity contribution is 7.16. The van der Waals surface area contributed by atoms with Crippen molar-refractivity contribution in [1.82, 2.24) is 14.6 Å². The van der Waals surface area contributed by atoms with Gasteiger partial charge in [-0.25, -0.2) is 4.98 Å². The summed E-state index contributed by atoms with van der Waals surface area (Å²) in [6.07, 6.45) is 1.17. The summed E-state index contributed by atoms with van der Waals surface area (Å²) in [4.78, 5) is 28.5. The highest BCUT2D eigenvalue weighted by atomic mass is 32.1. The van der Waals surface area contributed by atoms with Gasteiger partial charge in [-0.1, -0.05) is 39.0 Å². The van der Waals surface area contributed by atoms with Gasteiger partial charge >= 0.3 is 5.97 Å². The van der Waals surface area contributed by atoms with Gasteiger partial charge in [-0.15, -0.1) is 0 Å². The van der Waals surface area contributed by atoms with Crippen LogP contribution in [0.4, 0.5) is 0 Å². The second kappa shape index (κ2) is 7.00.